The molecule has 6 fully saturated rings. The van der Waals surface area contributed by atoms with E-state index in [9.17, 15) is 46.0 Å². The quantitative estimate of drug-likeness (QED) is 0.0455. The van der Waals surface area contributed by atoms with Crippen LogP contribution in [0.15, 0.2) is 147 Å². The lowest BCUT2D eigenvalue weighted by Crippen LogP contribution is -2.55. The lowest BCUT2D eigenvalue weighted by molar-refractivity contribution is -0.129. The first-order valence-corrected chi connectivity index (χ1v) is 49.4. The molecule has 6 aromatic carbocycles. The van der Waals surface area contributed by atoms with Crippen molar-refractivity contribution in [2.24, 2.45) is 5.92 Å². The number of carbonyl (C=O) groups is 3. The number of carbonyl (C=O) groups excluding carboxylic acids is 3. The van der Waals surface area contributed by atoms with E-state index >= 15 is 0 Å². The molecule has 3 amide bonds. The van der Waals surface area contributed by atoms with Gasteiger partial charge in [0.1, 0.15) is 53.2 Å². The molecule has 9 atom stereocenters. The zero-order chi connectivity index (χ0) is 98.5. The van der Waals surface area contributed by atoms with Crippen LogP contribution in [0.3, 0.4) is 0 Å². The van der Waals surface area contributed by atoms with Crippen LogP contribution in [0.4, 0.5) is 34.1 Å². The number of nitriles is 6. The van der Waals surface area contributed by atoms with Crippen molar-refractivity contribution in [3.63, 3.8) is 0 Å². The monoisotopic (exact) mass is 1880 g/mol. The Morgan fingerprint density at radius 2 is 0.686 bits per heavy atom. The minimum atomic E-state index is -0.319. The predicted octanol–water partition coefficient (Wildman–Crippen LogP) is 14.4. The summed E-state index contributed by atoms with van der Waals surface area (Å²) in [5.74, 6) is 1.19. The van der Waals surface area contributed by atoms with Gasteiger partial charge in [0.05, 0.1) is 122 Å². The number of ether oxygens (including phenoxy) is 5. The maximum absolute atomic E-state index is 12.7. The number of piperazine rings is 3. The van der Waals surface area contributed by atoms with Crippen molar-refractivity contribution in [1.29, 1.82) is 31.6 Å². The van der Waals surface area contributed by atoms with Crippen LogP contribution in [0.5, 0.6) is 17.6 Å². The first-order valence-electron chi connectivity index (χ1n) is 49.4. The lowest BCUT2D eigenvalue weighted by atomic mass is 9.95. The summed E-state index contributed by atoms with van der Waals surface area (Å²) in [6.07, 6.45) is 9.68. The minimum Gasteiger partial charge on any atom is -0.472 e. The van der Waals surface area contributed by atoms with E-state index in [0.717, 1.165) is 129 Å². The van der Waals surface area contributed by atoms with Crippen LogP contribution in [0.25, 0.3) is 32.3 Å². The number of benzene rings is 6. The average Bonchev–Trinajstić information content (AvgIpc) is 0.759. The number of nitrogens with zero attached hydrogens (tertiary/aromatic N) is 21. The second-order valence-electron chi connectivity index (χ2n) is 38.7. The smallest absolute Gasteiger partial charge is 0.246 e. The molecule has 0 unspecified atom stereocenters. The van der Waals surface area contributed by atoms with Gasteiger partial charge in [0.25, 0.3) is 0 Å². The Labute approximate surface area is 823 Å². The summed E-state index contributed by atoms with van der Waals surface area (Å²) < 4.78 is 30.8. The molecule has 0 saturated carbocycles. The Balaban J connectivity index is 0.000000151. The van der Waals surface area contributed by atoms with Crippen molar-refractivity contribution in [1.82, 2.24) is 44.4 Å². The first kappa shape index (κ1) is 99.1. The van der Waals surface area contributed by atoms with E-state index < -0.39 is 0 Å². The van der Waals surface area contributed by atoms with Crippen LogP contribution in [0.2, 0.25) is 0 Å². The highest BCUT2D eigenvalue weighted by atomic mass is 16.5. The summed E-state index contributed by atoms with van der Waals surface area (Å²) in [5, 5.41) is 68.2. The topological polar surface area (TPSA) is 318 Å². The normalized spacial score (nSPS) is 20.5. The van der Waals surface area contributed by atoms with Crippen molar-refractivity contribution in [3.8, 4) is 54.1 Å². The molecule has 0 spiro atoms. The van der Waals surface area contributed by atoms with Crippen molar-refractivity contribution in [2.75, 3.05) is 181 Å². The van der Waals surface area contributed by atoms with Gasteiger partial charge in [-0.15, -0.1) is 0 Å². The summed E-state index contributed by atoms with van der Waals surface area (Å²) in [6.45, 7) is 42.0. The van der Waals surface area contributed by atoms with E-state index in [-0.39, 0.29) is 85.6 Å². The molecule has 18 rings (SSSR count). The van der Waals surface area contributed by atoms with Gasteiger partial charge in [0.15, 0.2) is 0 Å². The molecule has 3 aromatic heterocycles. The SMILES string of the molecule is C=CC(=O)N1CCN(c2c(C#N)c(O[C@H](C)CN3CC[C@@H](OC)C3)nc3c2CCN(c2cccc4cccc(C)c24)C3)C[C@@H]1CC#N.C=CC(=O)N1CCN(c2c(C#N)c(O[C@H](C)CN3CC[C@H](C)C3)nc3c2CCN(c2cccc4cccc(C)c24)C3)C[C@@H]1CC#N.C=CC(=O)N1CCN(c2c(C#N)c(O[C@H](C)CN3CC[C@H](OC)C3)nc3c2CCN(c2cccc4cccc(C)c24)C3)C[C@@H]1CC#N. The van der Waals surface area contributed by atoms with Gasteiger partial charge in [-0.3, -0.25) is 29.1 Å². The number of hydrogen-bond donors (Lipinski definition) is 0. The molecule has 6 saturated heterocycles. The number of pyridine rings is 3. The molecule has 9 aliphatic rings. The number of rotatable bonds is 26. The van der Waals surface area contributed by atoms with Gasteiger partial charge in [-0.25, -0.2) is 15.0 Å². The van der Waals surface area contributed by atoms with E-state index in [4.69, 9.17) is 38.6 Å². The van der Waals surface area contributed by atoms with Crippen molar-refractivity contribution >= 4 is 84.2 Å². The largest absolute Gasteiger partial charge is 0.472 e. The Morgan fingerprint density at radius 3 is 0.950 bits per heavy atom. The van der Waals surface area contributed by atoms with Crippen LogP contribution >= 0.6 is 0 Å². The Hall–Kier alpha value is -13.9. The van der Waals surface area contributed by atoms with E-state index in [2.05, 4.69) is 244 Å². The van der Waals surface area contributed by atoms with Crippen LogP contribution in [-0.2, 0) is 62.8 Å². The summed E-state index contributed by atoms with van der Waals surface area (Å²) in [7, 11) is 3.51. The first-order chi connectivity index (χ1) is 68.0. The number of likely N-dealkylation sites (tertiary alicyclic amines) is 3. The molecule has 29 heteroatoms. The van der Waals surface area contributed by atoms with Crippen LogP contribution in [0, 0.1) is 94.7 Å². The third-order valence-corrected chi connectivity index (χ3v) is 29.4. The van der Waals surface area contributed by atoms with Crippen LogP contribution < -0.4 is 43.6 Å². The molecule has 0 bridgehead atoms. The third-order valence-electron chi connectivity index (χ3n) is 29.4. The molecule has 726 valence electrons. The number of hydrogen-bond acceptors (Lipinski definition) is 26. The maximum Gasteiger partial charge on any atom is 0.246 e. The van der Waals surface area contributed by atoms with Crippen LogP contribution in [0.1, 0.15) is 133 Å². The number of anilines is 6. The molecule has 0 aliphatic carbocycles. The lowest BCUT2D eigenvalue weighted by Gasteiger charge is -2.43. The number of aryl methyl sites for hydroxylation is 3. The fraction of sp³-hybridized carbons (Fsp3) is 0.459. The highest BCUT2D eigenvalue weighted by molar-refractivity contribution is 6.00. The van der Waals surface area contributed by atoms with E-state index in [0.29, 0.717) is 151 Å². The van der Waals surface area contributed by atoms with Gasteiger partial charge in [-0.05, 0) is 162 Å². The van der Waals surface area contributed by atoms with Gasteiger partial charge >= 0.3 is 0 Å². The van der Waals surface area contributed by atoms with Gasteiger partial charge in [0, 0.05) is 195 Å². The zero-order valence-electron chi connectivity index (χ0n) is 82.4. The summed E-state index contributed by atoms with van der Waals surface area (Å²) in [6, 6.07) is 51.7. The van der Waals surface area contributed by atoms with Crippen molar-refractivity contribution in [2.45, 2.75) is 175 Å². The zero-order valence-corrected chi connectivity index (χ0v) is 82.4. The maximum atomic E-state index is 12.7. The summed E-state index contributed by atoms with van der Waals surface area (Å²) >= 11 is 0. The molecule has 9 aliphatic heterocycles. The number of methoxy groups -OCH3 is 2. The second kappa shape index (κ2) is 44.9. The number of fused-ring (bicyclic) bond motifs is 6. The second-order valence-corrected chi connectivity index (χ2v) is 38.7. The van der Waals surface area contributed by atoms with E-state index in [1.165, 1.54) is 90.7 Å². The molecule has 0 N–H and O–H groups in total. The molecule has 12 heterocycles. The highest BCUT2D eigenvalue weighted by Crippen LogP contribution is 2.46. The number of amides is 3. The fourth-order valence-corrected chi connectivity index (χ4v) is 22.6. The molecule has 29 nitrogen and oxygen atoms in total. The molecule has 9 aromatic rings. The summed E-state index contributed by atoms with van der Waals surface area (Å²) in [5.41, 5.74) is 16.8. The predicted molar refractivity (Wildman–Crippen MR) is 546 cm³/mol. The van der Waals surface area contributed by atoms with Gasteiger partial charge < -0.3 is 67.8 Å². The molecule has 0 radical (unpaired) electrons. The Kier molecular flexibility index (Phi) is 31.8. The molecular weight excluding hydrogens is 1760 g/mol. The van der Waals surface area contributed by atoms with E-state index in [1.54, 1.807) is 28.9 Å². The van der Waals surface area contributed by atoms with Crippen molar-refractivity contribution in [3.05, 3.63) is 214 Å². The van der Waals surface area contributed by atoms with E-state index in [1.807, 2.05) is 13.8 Å². The Morgan fingerprint density at radius 1 is 0.393 bits per heavy atom. The number of aromatic nitrogens is 3. The average molecular weight is 1890 g/mol. The highest BCUT2D eigenvalue weighted by Gasteiger charge is 2.42. The standard InChI is InChI=1S/2C37H43N7O3.C37H43N7O2/c2*1-5-34(45)44-19-18-43(22-28(44)12-15-38)36-30-14-17-42(33-11-7-10-27-9-6-8-25(2)35(27)33)24-32(30)40-37(31(36)20-39)47-26(3)21-41-16-13-29(23-41)46-4;1-5-34(45)44-19-18-43(23-29(44)12-15-38)36-30-14-17-42(33-11-7-10-28-9-6-8-26(3)35(28)33)24-32(30)40-37(31(36)20-39)46-27(4)22-41-16-13-25(2)21-41/h2*5-11,26,28-29H,1,12-14,16-19,21-24H2,2-4H3;5-11,25,27,29H,1,12-14,16-19,21-24H2,2-4H3/t26-,28+,29+;26-,28+,29-;25-,27+,29-/m110/s1. The fourth-order valence-electron chi connectivity index (χ4n) is 22.6. The summed E-state index contributed by atoms with van der Waals surface area (Å²) in [4.78, 5) is 79.2. The molecular formula is C111H129N21O8. The van der Waals surface area contributed by atoms with Crippen LogP contribution in [-0.4, -0.2) is 262 Å². The van der Waals surface area contributed by atoms with Gasteiger partial charge in [-0.1, -0.05) is 118 Å². The van der Waals surface area contributed by atoms with Gasteiger partial charge in [0.2, 0.25) is 35.4 Å². The third kappa shape index (κ3) is 21.5. The van der Waals surface area contributed by atoms with Gasteiger partial charge in [-0.2, -0.15) is 31.6 Å². The Bertz CT molecular complexity index is 6150. The molecule has 140 heavy (non-hydrogen) atoms. The van der Waals surface area contributed by atoms with Crippen molar-refractivity contribution < 1.29 is 38.1 Å². The minimum absolute atomic E-state index is 0.149.